The number of carboxylic acid groups (broad SMARTS) is 1. The van der Waals surface area contributed by atoms with Crippen molar-refractivity contribution >= 4 is 11.9 Å². The van der Waals surface area contributed by atoms with Crippen molar-refractivity contribution in [2.45, 2.75) is 45.3 Å². The molecular formula is C19H27NO5. The number of hydrogen-bond acceptors (Lipinski definition) is 4. The van der Waals surface area contributed by atoms with Gasteiger partial charge in [0.1, 0.15) is 0 Å². The summed E-state index contributed by atoms with van der Waals surface area (Å²) in [6.07, 6.45) is 3.19. The Hall–Kier alpha value is -1.40. The summed E-state index contributed by atoms with van der Waals surface area (Å²) >= 11 is 0. The molecule has 4 fully saturated rings. The molecular weight excluding hydrogens is 322 g/mol. The number of hydrogen-bond donors (Lipinski definition) is 1. The van der Waals surface area contributed by atoms with Crippen molar-refractivity contribution < 1.29 is 24.2 Å². The number of allylic oxidation sites excluding steroid dienone is 2. The van der Waals surface area contributed by atoms with Crippen LogP contribution in [0.25, 0.3) is 0 Å². The molecule has 1 amide bonds. The lowest BCUT2D eigenvalue weighted by Crippen LogP contribution is -2.51. The minimum absolute atomic E-state index is 0.0196. The van der Waals surface area contributed by atoms with E-state index < -0.39 is 23.6 Å². The number of piperidine rings is 1. The highest BCUT2D eigenvalue weighted by molar-refractivity contribution is 5.87. The third-order valence-electron chi connectivity index (χ3n) is 6.64. The molecule has 4 aliphatic rings. The highest BCUT2D eigenvalue weighted by Crippen LogP contribution is 2.57. The van der Waals surface area contributed by atoms with Gasteiger partial charge < -0.3 is 19.5 Å². The zero-order valence-electron chi connectivity index (χ0n) is 15.0. The molecule has 25 heavy (non-hydrogen) atoms. The predicted molar refractivity (Wildman–Crippen MR) is 89.7 cm³/mol. The first-order valence-corrected chi connectivity index (χ1v) is 9.40. The number of ether oxygens (including phenoxy) is 2. The Morgan fingerprint density at radius 2 is 1.60 bits per heavy atom. The van der Waals surface area contributed by atoms with E-state index in [4.69, 9.17) is 9.47 Å². The minimum Gasteiger partial charge on any atom is -0.481 e. The molecule has 138 valence electrons. The van der Waals surface area contributed by atoms with E-state index in [2.05, 4.69) is 0 Å². The van der Waals surface area contributed by atoms with Gasteiger partial charge in [-0.2, -0.15) is 0 Å². The molecule has 1 spiro atoms. The summed E-state index contributed by atoms with van der Waals surface area (Å²) in [5.41, 5.74) is 2.43. The Bertz CT molecular complexity index is 607. The minimum atomic E-state index is -0.819. The smallest absolute Gasteiger partial charge is 0.307 e. The molecule has 4 atom stereocenters. The molecule has 2 aliphatic carbocycles. The number of carbonyl (C=O) groups is 2. The Balaban J connectivity index is 1.53. The second kappa shape index (κ2) is 6.09. The lowest BCUT2D eigenvalue weighted by atomic mass is 9.78. The number of carbonyl (C=O) groups excluding carboxylic acids is 1. The van der Waals surface area contributed by atoms with Crippen molar-refractivity contribution in [1.82, 2.24) is 4.90 Å². The van der Waals surface area contributed by atoms with E-state index in [0.717, 1.165) is 12.8 Å². The lowest BCUT2D eigenvalue weighted by molar-refractivity contribution is -0.189. The maximum absolute atomic E-state index is 13.2. The maximum Gasteiger partial charge on any atom is 0.307 e. The third kappa shape index (κ3) is 2.61. The molecule has 2 bridgehead atoms. The summed E-state index contributed by atoms with van der Waals surface area (Å²) in [6.45, 7) is 6.50. The predicted octanol–water partition coefficient (Wildman–Crippen LogP) is 2.05. The number of aliphatic carboxylic acids is 1. The topological polar surface area (TPSA) is 76.1 Å². The van der Waals surface area contributed by atoms with Gasteiger partial charge in [-0.3, -0.25) is 9.59 Å². The first-order chi connectivity index (χ1) is 11.9. The normalized spacial score (nSPS) is 36.2. The van der Waals surface area contributed by atoms with Gasteiger partial charge in [0.15, 0.2) is 5.79 Å². The summed E-state index contributed by atoms with van der Waals surface area (Å²) in [4.78, 5) is 27.0. The van der Waals surface area contributed by atoms with E-state index in [1.165, 1.54) is 11.1 Å². The van der Waals surface area contributed by atoms with Crippen LogP contribution in [0, 0.1) is 23.7 Å². The Morgan fingerprint density at radius 1 is 1.04 bits per heavy atom. The molecule has 2 aliphatic heterocycles. The van der Waals surface area contributed by atoms with Crippen molar-refractivity contribution in [2.75, 3.05) is 26.3 Å². The van der Waals surface area contributed by atoms with Gasteiger partial charge in [0.05, 0.1) is 25.0 Å². The molecule has 0 radical (unpaired) electrons. The lowest BCUT2D eigenvalue weighted by Gasteiger charge is -2.40. The number of likely N-dealkylation sites (tertiary alicyclic amines) is 1. The average molecular weight is 349 g/mol. The summed E-state index contributed by atoms with van der Waals surface area (Å²) in [6, 6.07) is 0. The van der Waals surface area contributed by atoms with Crippen LogP contribution < -0.4 is 0 Å². The molecule has 4 rings (SSSR count). The van der Waals surface area contributed by atoms with Crippen LogP contribution in [-0.4, -0.2) is 54.0 Å². The van der Waals surface area contributed by atoms with Crippen LogP contribution in [0.5, 0.6) is 0 Å². The molecule has 2 saturated carbocycles. The van der Waals surface area contributed by atoms with Crippen LogP contribution in [0.1, 0.15) is 39.5 Å². The van der Waals surface area contributed by atoms with Crippen molar-refractivity contribution in [1.29, 1.82) is 0 Å². The van der Waals surface area contributed by atoms with Gasteiger partial charge in [-0.25, -0.2) is 0 Å². The first-order valence-electron chi connectivity index (χ1n) is 9.40. The maximum atomic E-state index is 13.2. The fourth-order valence-corrected chi connectivity index (χ4v) is 5.65. The summed E-state index contributed by atoms with van der Waals surface area (Å²) < 4.78 is 11.5. The van der Waals surface area contributed by atoms with Crippen LogP contribution in [0.2, 0.25) is 0 Å². The van der Waals surface area contributed by atoms with Crippen LogP contribution in [-0.2, 0) is 19.1 Å². The van der Waals surface area contributed by atoms with E-state index >= 15 is 0 Å². The summed E-state index contributed by atoms with van der Waals surface area (Å²) in [5, 5.41) is 9.79. The van der Waals surface area contributed by atoms with Crippen LogP contribution in [0.15, 0.2) is 11.1 Å². The number of nitrogens with zero attached hydrogens (tertiary/aromatic N) is 1. The standard InChI is InChI=1S/C19H27NO5/c1-11(2)14-12-3-4-13(14)16(18(22)23)15(12)17(21)20-7-5-19(6-8-20)24-9-10-25-19/h12-13,15-16H,3-10H2,1-2H3,(H,22,23)/t12-,13-,15-,16+/m1/s1. The van der Waals surface area contributed by atoms with E-state index in [1.54, 1.807) is 0 Å². The number of carboxylic acids is 1. The van der Waals surface area contributed by atoms with Gasteiger partial charge >= 0.3 is 5.97 Å². The van der Waals surface area contributed by atoms with Gasteiger partial charge in [0.25, 0.3) is 0 Å². The van der Waals surface area contributed by atoms with Crippen LogP contribution in [0.4, 0.5) is 0 Å². The fourth-order valence-electron chi connectivity index (χ4n) is 5.65. The molecule has 6 heteroatoms. The molecule has 0 aromatic rings. The van der Waals surface area contributed by atoms with Crippen molar-refractivity contribution in [3.8, 4) is 0 Å². The average Bonchev–Trinajstić information content (AvgIpc) is 3.28. The molecule has 2 saturated heterocycles. The van der Waals surface area contributed by atoms with Gasteiger partial charge in [-0.15, -0.1) is 0 Å². The molecule has 6 nitrogen and oxygen atoms in total. The third-order valence-corrected chi connectivity index (χ3v) is 6.64. The Kier molecular flexibility index (Phi) is 4.15. The van der Waals surface area contributed by atoms with Crippen molar-refractivity contribution in [3.05, 3.63) is 11.1 Å². The molecule has 0 unspecified atom stereocenters. The van der Waals surface area contributed by atoms with Crippen LogP contribution in [0.3, 0.4) is 0 Å². The zero-order chi connectivity index (χ0) is 17.8. The largest absolute Gasteiger partial charge is 0.481 e. The van der Waals surface area contributed by atoms with E-state index in [-0.39, 0.29) is 17.7 Å². The Morgan fingerprint density at radius 3 is 2.12 bits per heavy atom. The zero-order valence-corrected chi connectivity index (χ0v) is 15.0. The first kappa shape index (κ1) is 17.0. The second-order valence-corrected chi connectivity index (χ2v) is 8.07. The van der Waals surface area contributed by atoms with Crippen molar-refractivity contribution in [3.63, 3.8) is 0 Å². The monoisotopic (exact) mass is 349 g/mol. The van der Waals surface area contributed by atoms with Crippen molar-refractivity contribution in [2.24, 2.45) is 23.7 Å². The molecule has 0 aromatic carbocycles. The highest BCUT2D eigenvalue weighted by Gasteiger charge is 2.58. The van der Waals surface area contributed by atoms with E-state index in [9.17, 15) is 14.7 Å². The van der Waals surface area contributed by atoms with Crippen LogP contribution >= 0.6 is 0 Å². The van der Waals surface area contributed by atoms with E-state index in [0.29, 0.717) is 39.1 Å². The number of fused-ring (bicyclic) bond motifs is 2. The molecule has 2 heterocycles. The number of rotatable bonds is 2. The number of amides is 1. The van der Waals surface area contributed by atoms with Gasteiger partial charge in [0.2, 0.25) is 5.91 Å². The molecule has 1 N–H and O–H groups in total. The quantitative estimate of drug-likeness (QED) is 0.772. The Labute approximate surface area is 148 Å². The second-order valence-electron chi connectivity index (χ2n) is 8.07. The summed E-state index contributed by atoms with van der Waals surface area (Å²) in [7, 11) is 0. The molecule has 0 aromatic heterocycles. The summed E-state index contributed by atoms with van der Waals surface area (Å²) in [5.74, 6) is -2.13. The van der Waals surface area contributed by atoms with Gasteiger partial charge in [0, 0.05) is 25.9 Å². The van der Waals surface area contributed by atoms with Gasteiger partial charge in [-0.1, -0.05) is 11.1 Å². The van der Waals surface area contributed by atoms with E-state index in [1.807, 2.05) is 18.7 Å². The SMILES string of the molecule is CC(C)=C1[C@H]2CC[C@H]1[C@@H](C(=O)N1CCC3(CC1)OCCO3)[C@H]2C(=O)O. The fraction of sp³-hybridized carbons (Fsp3) is 0.789. The highest BCUT2D eigenvalue weighted by atomic mass is 16.7. The van der Waals surface area contributed by atoms with Gasteiger partial charge in [-0.05, 0) is 38.5 Å².